The Balaban J connectivity index is 1.63. The predicted molar refractivity (Wildman–Crippen MR) is 84.6 cm³/mol. The Morgan fingerprint density at radius 1 is 1.23 bits per heavy atom. The Labute approximate surface area is 129 Å². The summed E-state index contributed by atoms with van der Waals surface area (Å²) >= 11 is 0. The molecule has 1 aromatic carbocycles. The molecule has 2 aromatic rings. The smallest absolute Gasteiger partial charge is 0.227 e. The van der Waals surface area contributed by atoms with Gasteiger partial charge in [-0.3, -0.25) is 4.79 Å². The number of pyridine rings is 1. The van der Waals surface area contributed by atoms with Crippen LogP contribution in [0.2, 0.25) is 0 Å². The minimum Gasteiger partial charge on any atom is -0.340 e. The van der Waals surface area contributed by atoms with E-state index in [-0.39, 0.29) is 11.8 Å². The van der Waals surface area contributed by atoms with Gasteiger partial charge in [0.1, 0.15) is 5.82 Å². The summed E-state index contributed by atoms with van der Waals surface area (Å²) in [6.07, 6.45) is 4.73. The van der Waals surface area contributed by atoms with Crippen LogP contribution in [-0.2, 0) is 4.79 Å². The lowest BCUT2D eigenvalue weighted by molar-refractivity contribution is -0.122. The van der Waals surface area contributed by atoms with Gasteiger partial charge in [-0.15, -0.1) is 0 Å². The van der Waals surface area contributed by atoms with Gasteiger partial charge in [-0.25, -0.2) is 4.98 Å². The summed E-state index contributed by atoms with van der Waals surface area (Å²) in [5.74, 6) is 0.902. The van der Waals surface area contributed by atoms with E-state index in [1.807, 2.05) is 18.2 Å². The Kier molecular flexibility index (Phi) is 4.01. The van der Waals surface area contributed by atoms with Gasteiger partial charge in [0.25, 0.3) is 0 Å². The molecular formula is C17H16N4O. The average molecular weight is 292 g/mol. The molecule has 5 heteroatoms. The summed E-state index contributed by atoms with van der Waals surface area (Å²) in [4.78, 5) is 16.1. The molecule has 1 aromatic heterocycles. The third-order valence-electron chi connectivity index (χ3n) is 3.77. The van der Waals surface area contributed by atoms with Gasteiger partial charge >= 0.3 is 0 Å². The number of amides is 1. The van der Waals surface area contributed by atoms with Crippen molar-refractivity contribution in [3.8, 4) is 6.07 Å². The number of aromatic nitrogens is 1. The topological polar surface area (TPSA) is 77.8 Å². The number of nitriles is 1. The quantitative estimate of drug-likeness (QED) is 0.905. The van der Waals surface area contributed by atoms with Crippen LogP contribution in [-0.4, -0.2) is 10.9 Å². The lowest BCUT2D eigenvalue weighted by Gasteiger charge is -2.23. The monoisotopic (exact) mass is 292 g/mol. The molecule has 0 unspecified atom stereocenters. The molecule has 0 spiro atoms. The fraction of sp³-hybridized carbons (Fsp3) is 0.235. The molecule has 0 atom stereocenters. The summed E-state index contributed by atoms with van der Waals surface area (Å²) in [5.41, 5.74) is 2.10. The first kappa shape index (κ1) is 14.1. The normalized spacial score (nSPS) is 13.8. The maximum Gasteiger partial charge on any atom is 0.227 e. The third kappa shape index (κ3) is 3.23. The highest BCUT2D eigenvalue weighted by molar-refractivity contribution is 5.92. The minimum absolute atomic E-state index is 0.0791. The number of rotatable bonds is 4. The SMILES string of the molecule is N#Cc1cccc(Nc2ccc(NC(=O)C3CCC3)cn2)c1. The number of carbonyl (C=O) groups excluding carboxylic acids is 1. The van der Waals surface area contributed by atoms with Crippen LogP contribution in [0.25, 0.3) is 0 Å². The van der Waals surface area contributed by atoms with Gasteiger partial charge in [-0.1, -0.05) is 12.5 Å². The average Bonchev–Trinajstić information content (AvgIpc) is 2.48. The molecule has 22 heavy (non-hydrogen) atoms. The molecule has 1 saturated carbocycles. The summed E-state index contributed by atoms with van der Waals surface area (Å²) in [5, 5.41) is 14.9. The van der Waals surface area contributed by atoms with E-state index in [1.165, 1.54) is 0 Å². The molecular weight excluding hydrogens is 276 g/mol. The summed E-state index contributed by atoms with van der Waals surface area (Å²) in [6, 6.07) is 12.9. The predicted octanol–water partition coefficient (Wildman–Crippen LogP) is 3.44. The van der Waals surface area contributed by atoms with Gasteiger partial charge in [0.2, 0.25) is 5.91 Å². The zero-order valence-corrected chi connectivity index (χ0v) is 12.0. The van der Waals surface area contributed by atoms with Crippen molar-refractivity contribution in [2.45, 2.75) is 19.3 Å². The number of anilines is 3. The number of hydrogen-bond acceptors (Lipinski definition) is 4. The van der Waals surface area contributed by atoms with E-state index in [0.717, 1.165) is 24.9 Å². The van der Waals surface area contributed by atoms with Crippen molar-refractivity contribution in [1.82, 2.24) is 4.98 Å². The molecule has 1 amide bonds. The first-order chi connectivity index (χ1) is 10.7. The Bertz CT molecular complexity index is 714. The van der Waals surface area contributed by atoms with Crippen molar-refractivity contribution in [2.24, 2.45) is 5.92 Å². The van der Waals surface area contributed by atoms with Gasteiger partial charge in [-0.05, 0) is 43.2 Å². The number of hydrogen-bond donors (Lipinski definition) is 2. The minimum atomic E-state index is 0.0791. The second kappa shape index (κ2) is 6.27. The van der Waals surface area contributed by atoms with Crippen molar-refractivity contribution in [2.75, 3.05) is 10.6 Å². The van der Waals surface area contributed by atoms with Gasteiger partial charge in [0.15, 0.2) is 0 Å². The fourth-order valence-electron chi connectivity index (χ4n) is 2.27. The molecule has 1 fully saturated rings. The van der Waals surface area contributed by atoms with Crippen molar-refractivity contribution < 1.29 is 4.79 Å². The number of carbonyl (C=O) groups is 1. The fourth-order valence-corrected chi connectivity index (χ4v) is 2.27. The second-order valence-corrected chi connectivity index (χ2v) is 5.37. The van der Waals surface area contributed by atoms with Crippen LogP contribution in [0.1, 0.15) is 24.8 Å². The van der Waals surface area contributed by atoms with Crippen LogP contribution in [0.15, 0.2) is 42.6 Å². The van der Waals surface area contributed by atoms with E-state index in [2.05, 4.69) is 21.7 Å². The van der Waals surface area contributed by atoms with Crippen LogP contribution in [0.5, 0.6) is 0 Å². The Hall–Kier alpha value is -2.87. The molecule has 2 N–H and O–H groups in total. The van der Waals surface area contributed by atoms with Crippen LogP contribution in [0, 0.1) is 17.2 Å². The standard InChI is InChI=1S/C17H16N4O/c18-10-12-3-1-6-14(9-12)20-16-8-7-15(11-19-16)21-17(22)13-4-2-5-13/h1,3,6-9,11,13H,2,4-5H2,(H,19,20)(H,21,22). The zero-order chi connectivity index (χ0) is 15.4. The Morgan fingerprint density at radius 3 is 2.73 bits per heavy atom. The maximum atomic E-state index is 11.9. The largest absolute Gasteiger partial charge is 0.340 e. The molecule has 1 aliphatic rings. The van der Waals surface area contributed by atoms with Gasteiger partial charge < -0.3 is 10.6 Å². The van der Waals surface area contributed by atoms with Crippen LogP contribution >= 0.6 is 0 Å². The van der Waals surface area contributed by atoms with Gasteiger partial charge in [0.05, 0.1) is 23.5 Å². The molecule has 5 nitrogen and oxygen atoms in total. The van der Waals surface area contributed by atoms with Crippen LogP contribution in [0.3, 0.4) is 0 Å². The number of nitrogens with one attached hydrogen (secondary N) is 2. The lowest BCUT2D eigenvalue weighted by atomic mass is 9.85. The number of nitrogens with zero attached hydrogens (tertiary/aromatic N) is 2. The number of benzene rings is 1. The van der Waals surface area contributed by atoms with E-state index in [9.17, 15) is 4.79 Å². The van der Waals surface area contributed by atoms with E-state index in [4.69, 9.17) is 5.26 Å². The molecule has 0 radical (unpaired) electrons. The first-order valence-electron chi connectivity index (χ1n) is 7.29. The molecule has 0 bridgehead atoms. The molecule has 110 valence electrons. The molecule has 1 aliphatic carbocycles. The van der Waals surface area contributed by atoms with Crippen molar-refractivity contribution in [1.29, 1.82) is 5.26 Å². The highest BCUT2D eigenvalue weighted by Crippen LogP contribution is 2.27. The Morgan fingerprint density at radius 2 is 2.09 bits per heavy atom. The van der Waals surface area contributed by atoms with Crippen molar-refractivity contribution >= 4 is 23.1 Å². The maximum absolute atomic E-state index is 11.9. The third-order valence-corrected chi connectivity index (χ3v) is 3.77. The zero-order valence-electron chi connectivity index (χ0n) is 12.0. The molecule has 0 aliphatic heterocycles. The molecule has 0 saturated heterocycles. The highest BCUT2D eigenvalue weighted by atomic mass is 16.1. The highest BCUT2D eigenvalue weighted by Gasteiger charge is 2.25. The van der Waals surface area contributed by atoms with E-state index in [1.54, 1.807) is 24.4 Å². The molecule has 1 heterocycles. The first-order valence-corrected chi connectivity index (χ1v) is 7.29. The van der Waals surface area contributed by atoms with Crippen LogP contribution < -0.4 is 10.6 Å². The van der Waals surface area contributed by atoms with E-state index < -0.39 is 0 Å². The lowest BCUT2D eigenvalue weighted by Crippen LogP contribution is -2.28. The van der Waals surface area contributed by atoms with Crippen LogP contribution in [0.4, 0.5) is 17.2 Å². The second-order valence-electron chi connectivity index (χ2n) is 5.37. The summed E-state index contributed by atoms with van der Waals surface area (Å²) < 4.78 is 0. The van der Waals surface area contributed by atoms with Crippen molar-refractivity contribution in [3.63, 3.8) is 0 Å². The summed E-state index contributed by atoms with van der Waals surface area (Å²) in [7, 11) is 0. The van der Waals surface area contributed by atoms with Gasteiger partial charge in [-0.2, -0.15) is 5.26 Å². The van der Waals surface area contributed by atoms with Gasteiger partial charge in [0, 0.05) is 11.6 Å². The van der Waals surface area contributed by atoms with E-state index in [0.29, 0.717) is 17.1 Å². The van der Waals surface area contributed by atoms with Crippen molar-refractivity contribution in [3.05, 3.63) is 48.2 Å². The summed E-state index contributed by atoms with van der Waals surface area (Å²) in [6.45, 7) is 0. The van der Waals surface area contributed by atoms with E-state index >= 15 is 0 Å². The molecule has 3 rings (SSSR count).